The van der Waals surface area contributed by atoms with Crippen LogP contribution in [-0.4, -0.2) is 46.4 Å². The van der Waals surface area contributed by atoms with E-state index in [4.69, 9.17) is 4.74 Å². The zero-order valence-corrected chi connectivity index (χ0v) is 19.7. The van der Waals surface area contributed by atoms with E-state index in [9.17, 15) is 4.79 Å². The summed E-state index contributed by atoms with van der Waals surface area (Å²) in [7, 11) is 0. The van der Waals surface area contributed by atoms with Crippen LogP contribution in [0.15, 0.2) is 42.6 Å². The molecule has 0 radical (unpaired) electrons. The first kappa shape index (κ1) is 21.8. The van der Waals surface area contributed by atoms with Crippen LogP contribution in [-0.2, 0) is 11.3 Å². The van der Waals surface area contributed by atoms with Gasteiger partial charge in [0, 0.05) is 42.6 Å². The van der Waals surface area contributed by atoms with Gasteiger partial charge in [0.25, 0.3) is 0 Å². The summed E-state index contributed by atoms with van der Waals surface area (Å²) in [5.74, 6) is 1.23. The van der Waals surface area contributed by atoms with Gasteiger partial charge in [-0.2, -0.15) is 0 Å². The summed E-state index contributed by atoms with van der Waals surface area (Å²) >= 11 is 1.59. The topological polar surface area (TPSA) is 84.3 Å². The number of aromatic nitrogens is 3. The molecule has 1 aromatic carbocycles. The van der Waals surface area contributed by atoms with Crippen molar-refractivity contribution in [2.24, 2.45) is 5.92 Å². The van der Waals surface area contributed by atoms with Crippen molar-refractivity contribution in [1.29, 1.82) is 0 Å². The monoisotopic (exact) mass is 466 g/mol. The van der Waals surface area contributed by atoms with Crippen LogP contribution >= 0.6 is 11.3 Å². The predicted molar refractivity (Wildman–Crippen MR) is 130 cm³/mol. The van der Waals surface area contributed by atoms with Crippen molar-refractivity contribution in [3.63, 3.8) is 0 Å². The average molecular weight is 467 g/mol. The third kappa shape index (κ3) is 5.30. The normalized spacial score (nSPS) is 16.6. The SMILES string of the molecule is CCOc1ccc(NCc2cccn2-c2nnc(N3CCC(C(=O)NC4CC4)CC3)s2)cc1. The number of piperidine rings is 1. The molecule has 0 atom stereocenters. The van der Waals surface area contributed by atoms with Gasteiger partial charge >= 0.3 is 0 Å². The highest BCUT2D eigenvalue weighted by molar-refractivity contribution is 7.17. The molecule has 33 heavy (non-hydrogen) atoms. The predicted octanol–water partition coefficient (Wildman–Crippen LogP) is 3.83. The number of nitrogens with one attached hydrogen (secondary N) is 2. The summed E-state index contributed by atoms with van der Waals surface area (Å²) in [5, 5.41) is 17.3. The van der Waals surface area contributed by atoms with Crippen LogP contribution < -0.4 is 20.3 Å². The smallest absolute Gasteiger partial charge is 0.223 e. The second-order valence-electron chi connectivity index (χ2n) is 8.59. The van der Waals surface area contributed by atoms with Crippen LogP contribution in [0.4, 0.5) is 10.8 Å². The molecule has 3 aromatic rings. The van der Waals surface area contributed by atoms with E-state index in [0.29, 0.717) is 19.2 Å². The van der Waals surface area contributed by atoms with Crippen molar-refractivity contribution in [3.8, 4) is 10.9 Å². The van der Waals surface area contributed by atoms with Gasteiger partial charge in [-0.25, -0.2) is 0 Å². The largest absolute Gasteiger partial charge is 0.494 e. The molecule has 8 nitrogen and oxygen atoms in total. The van der Waals surface area contributed by atoms with Crippen LogP contribution in [0.5, 0.6) is 5.75 Å². The van der Waals surface area contributed by atoms with Crippen LogP contribution in [0.3, 0.4) is 0 Å². The van der Waals surface area contributed by atoms with Crippen LogP contribution in [0.25, 0.3) is 5.13 Å². The molecule has 1 aliphatic heterocycles. The molecule has 2 aromatic heterocycles. The maximum atomic E-state index is 12.3. The highest BCUT2D eigenvalue weighted by atomic mass is 32.1. The highest BCUT2D eigenvalue weighted by Gasteiger charge is 2.30. The summed E-state index contributed by atoms with van der Waals surface area (Å²) in [6.45, 7) is 5.01. The Kier molecular flexibility index (Phi) is 6.48. The van der Waals surface area contributed by atoms with Gasteiger partial charge < -0.3 is 20.3 Å². The molecule has 5 rings (SSSR count). The average Bonchev–Trinajstić information content (AvgIpc) is 3.32. The fourth-order valence-electron chi connectivity index (χ4n) is 4.09. The first-order valence-electron chi connectivity index (χ1n) is 11.7. The summed E-state index contributed by atoms with van der Waals surface area (Å²) in [5.41, 5.74) is 2.15. The minimum atomic E-state index is 0.124. The van der Waals surface area contributed by atoms with E-state index in [-0.39, 0.29) is 11.8 Å². The lowest BCUT2D eigenvalue weighted by atomic mass is 9.96. The Morgan fingerprint density at radius 1 is 1.09 bits per heavy atom. The Morgan fingerprint density at radius 3 is 2.58 bits per heavy atom. The molecule has 0 unspecified atom stereocenters. The zero-order valence-electron chi connectivity index (χ0n) is 18.9. The van der Waals surface area contributed by atoms with Gasteiger partial charge in [0.05, 0.1) is 13.2 Å². The molecule has 1 saturated carbocycles. The van der Waals surface area contributed by atoms with E-state index in [1.807, 2.05) is 43.5 Å². The number of hydrogen-bond donors (Lipinski definition) is 2. The number of hydrogen-bond acceptors (Lipinski definition) is 7. The standard InChI is InChI=1S/C24H30N6O2S/c1-2-32-21-9-7-18(8-10-21)25-16-20-4-3-13-30(20)24-28-27-23(33-24)29-14-11-17(12-15-29)22(31)26-19-5-6-19/h3-4,7-10,13,17,19,25H,2,5-6,11-12,14-16H2,1H3,(H,26,31). The minimum Gasteiger partial charge on any atom is -0.494 e. The molecule has 1 saturated heterocycles. The number of carbonyl (C=O) groups is 1. The molecule has 9 heteroatoms. The van der Waals surface area contributed by atoms with E-state index < -0.39 is 0 Å². The van der Waals surface area contributed by atoms with Crippen LogP contribution in [0.2, 0.25) is 0 Å². The quantitative estimate of drug-likeness (QED) is 0.499. The summed E-state index contributed by atoms with van der Waals surface area (Å²) in [6.07, 6.45) is 6.03. The number of benzene rings is 1. The molecule has 1 aliphatic carbocycles. The van der Waals surface area contributed by atoms with Crippen molar-refractivity contribution in [2.45, 2.75) is 45.2 Å². The molecule has 2 fully saturated rings. The Balaban J connectivity index is 1.17. The van der Waals surface area contributed by atoms with E-state index >= 15 is 0 Å². The second kappa shape index (κ2) is 9.82. The highest BCUT2D eigenvalue weighted by Crippen LogP contribution is 2.29. The van der Waals surface area contributed by atoms with Gasteiger partial charge in [0.15, 0.2) is 0 Å². The van der Waals surface area contributed by atoms with Gasteiger partial charge in [-0.15, -0.1) is 10.2 Å². The van der Waals surface area contributed by atoms with Crippen molar-refractivity contribution in [1.82, 2.24) is 20.1 Å². The number of amides is 1. The van der Waals surface area contributed by atoms with Gasteiger partial charge in [-0.1, -0.05) is 11.3 Å². The van der Waals surface area contributed by atoms with Crippen LogP contribution in [0.1, 0.15) is 38.3 Å². The molecule has 2 aliphatic rings. The zero-order chi connectivity index (χ0) is 22.6. The minimum absolute atomic E-state index is 0.124. The Hall–Kier alpha value is -3.07. The van der Waals surface area contributed by atoms with E-state index in [1.165, 1.54) is 0 Å². The van der Waals surface area contributed by atoms with E-state index in [2.05, 4.69) is 36.4 Å². The molecule has 0 spiro atoms. The van der Waals surface area contributed by atoms with Crippen molar-refractivity contribution >= 4 is 28.1 Å². The van der Waals surface area contributed by atoms with Crippen molar-refractivity contribution in [2.75, 3.05) is 29.9 Å². The molecular formula is C24H30N6O2S. The lowest BCUT2D eigenvalue weighted by molar-refractivity contribution is -0.125. The number of rotatable bonds is 9. The number of carbonyl (C=O) groups excluding carboxylic acids is 1. The fourth-order valence-corrected chi connectivity index (χ4v) is 5.00. The molecular weight excluding hydrogens is 436 g/mol. The molecule has 0 bridgehead atoms. The van der Waals surface area contributed by atoms with E-state index in [1.54, 1.807) is 11.3 Å². The Morgan fingerprint density at radius 2 is 1.85 bits per heavy atom. The van der Waals surface area contributed by atoms with Gasteiger partial charge in [0.2, 0.25) is 16.2 Å². The lowest BCUT2D eigenvalue weighted by Crippen LogP contribution is -2.41. The van der Waals surface area contributed by atoms with Crippen LogP contribution in [0, 0.1) is 5.92 Å². The number of anilines is 2. The molecule has 1 amide bonds. The number of ether oxygens (including phenoxy) is 1. The van der Waals surface area contributed by atoms with Crippen molar-refractivity contribution < 1.29 is 9.53 Å². The third-order valence-electron chi connectivity index (χ3n) is 6.14. The maximum absolute atomic E-state index is 12.3. The summed E-state index contributed by atoms with van der Waals surface area (Å²) < 4.78 is 7.59. The summed E-state index contributed by atoms with van der Waals surface area (Å²) in [6, 6.07) is 12.5. The number of nitrogens with zero attached hydrogens (tertiary/aromatic N) is 4. The van der Waals surface area contributed by atoms with Crippen molar-refractivity contribution in [3.05, 3.63) is 48.3 Å². The first-order valence-corrected chi connectivity index (χ1v) is 12.5. The van der Waals surface area contributed by atoms with Gasteiger partial charge in [-0.3, -0.25) is 9.36 Å². The first-order chi connectivity index (χ1) is 16.2. The van der Waals surface area contributed by atoms with E-state index in [0.717, 1.165) is 66.2 Å². The molecule has 2 N–H and O–H groups in total. The second-order valence-corrected chi connectivity index (χ2v) is 9.53. The Bertz CT molecular complexity index is 1070. The Labute approximate surface area is 198 Å². The molecule has 3 heterocycles. The van der Waals surface area contributed by atoms with Gasteiger partial charge in [0.1, 0.15) is 5.75 Å². The molecule has 174 valence electrons. The van der Waals surface area contributed by atoms with Gasteiger partial charge in [-0.05, 0) is 69.0 Å². The maximum Gasteiger partial charge on any atom is 0.223 e. The fraction of sp³-hybridized carbons (Fsp3) is 0.458. The summed E-state index contributed by atoms with van der Waals surface area (Å²) in [4.78, 5) is 14.6. The third-order valence-corrected chi connectivity index (χ3v) is 7.13. The lowest BCUT2D eigenvalue weighted by Gasteiger charge is -2.30.